The number of rotatable bonds is 4. The van der Waals surface area contributed by atoms with Crippen molar-refractivity contribution in [2.75, 3.05) is 10.6 Å². The lowest BCUT2D eigenvalue weighted by Crippen LogP contribution is -2.22. The highest BCUT2D eigenvalue weighted by molar-refractivity contribution is 6.30. The molecular formula is C16H13ClF3N3O3. The van der Waals surface area contributed by atoms with Gasteiger partial charge in [-0.1, -0.05) is 16.8 Å². The SMILES string of the molecule is Cc1cc(NC(=O)C2CC2C(=O)Nc2ccc(Cl)cc2C(F)(F)F)no1. The van der Waals surface area contributed by atoms with Gasteiger partial charge in [0.15, 0.2) is 5.82 Å². The summed E-state index contributed by atoms with van der Waals surface area (Å²) in [5.41, 5.74) is -1.44. The molecule has 1 saturated carbocycles. The van der Waals surface area contributed by atoms with Crippen molar-refractivity contribution in [1.29, 1.82) is 0 Å². The van der Waals surface area contributed by atoms with Crippen LogP contribution in [-0.2, 0) is 15.8 Å². The molecule has 1 aliphatic carbocycles. The first-order valence-corrected chi connectivity index (χ1v) is 7.95. The molecule has 2 unspecified atom stereocenters. The molecule has 138 valence electrons. The van der Waals surface area contributed by atoms with Crippen LogP contribution in [-0.4, -0.2) is 17.0 Å². The molecule has 1 fully saturated rings. The molecule has 6 nitrogen and oxygen atoms in total. The van der Waals surface area contributed by atoms with E-state index in [4.69, 9.17) is 16.1 Å². The standard InChI is InChI=1S/C16H13ClF3N3O3/c1-7-4-13(23-26-7)22-15(25)10-6-9(10)14(24)21-12-3-2-8(17)5-11(12)16(18,19)20/h2-5,9-10H,6H2,1H3,(H,21,24)(H,22,23,25). The summed E-state index contributed by atoms with van der Waals surface area (Å²) in [7, 11) is 0. The molecule has 0 spiro atoms. The molecule has 1 aromatic carbocycles. The Morgan fingerprint density at radius 3 is 2.42 bits per heavy atom. The minimum Gasteiger partial charge on any atom is -0.360 e. The Bertz CT molecular complexity index is 866. The lowest BCUT2D eigenvalue weighted by atomic mass is 10.1. The second-order valence-corrected chi connectivity index (χ2v) is 6.37. The molecule has 3 rings (SSSR count). The summed E-state index contributed by atoms with van der Waals surface area (Å²) in [5.74, 6) is -1.71. The van der Waals surface area contributed by atoms with Crippen molar-refractivity contribution in [2.45, 2.75) is 19.5 Å². The van der Waals surface area contributed by atoms with E-state index in [9.17, 15) is 22.8 Å². The Morgan fingerprint density at radius 1 is 1.19 bits per heavy atom. The van der Waals surface area contributed by atoms with Crippen LogP contribution in [0.25, 0.3) is 0 Å². The van der Waals surface area contributed by atoms with Gasteiger partial charge in [-0.2, -0.15) is 13.2 Å². The molecule has 0 bridgehead atoms. The summed E-state index contributed by atoms with van der Waals surface area (Å²) in [6.07, 6.45) is -4.43. The highest BCUT2D eigenvalue weighted by atomic mass is 35.5. The van der Waals surface area contributed by atoms with Crippen molar-refractivity contribution in [3.8, 4) is 0 Å². The van der Waals surface area contributed by atoms with E-state index >= 15 is 0 Å². The highest BCUT2D eigenvalue weighted by Crippen LogP contribution is 2.42. The number of carbonyl (C=O) groups excluding carboxylic acids is 2. The van der Waals surface area contributed by atoms with E-state index in [0.29, 0.717) is 5.76 Å². The predicted octanol–water partition coefficient (Wildman–Crippen LogP) is 3.87. The molecule has 0 radical (unpaired) electrons. The first kappa shape index (κ1) is 18.2. The maximum atomic E-state index is 13.1. The van der Waals surface area contributed by atoms with Crippen LogP contribution >= 0.6 is 11.6 Å². The van der Waals surface area contributed by atoms with Crippen LogP contribution in [0, 0.1) is 18.8 Å². The Balaban J connectivity index is 1.64. The van der Waals surface area contributed by atoms with E-state index in [1.54, 1.807) is 6.92 Å². The molecule has 2 amide bonds. The van der Waals surface area contributed by atoms with E-state index in [1.807, 2.05) is 0 Å². The topological polar surface area (TPSA) is 84.2 Å². The molecule has 0 aliphatic heterocycles. The van der Waals surface area contributed by atoms with Gasteiger partial charge in [-0.05, 0) is 31.5 Å². The van der Waals surface area contributed by atoms with E-state index in [0.717, 1.165) is 12.1 Å². The van der Waals surface area contributed by atoms with Gasteiger partial charge in [0.25, 0.3) is 0 Å². The first-order valence-electron chi connectivity index (χ1n) is 7.57. The van der Waals surface area contributed by atoms with E-state index < -0.39 is 41.1 Å². The monoisotopic (exact) mass is 387 g/mol. The maximum absolute atomic E-state index is 13.1. The molecule has 26 heavy (non-hydrogen) atoms. The van der Waals surface area contributed by atoms with Crippen LogP contribution in [0.1, 0.15) is 17.7 Å². The van der Waals surface area contributed by atoms with Crippen LogP contribution in [0.3, 0.4) is 0 Å². The van der Waals surface area contributed by atoms with Gasteiger partial charge in [0, 0.05) is 11.1 Å². The Labute approximate surface area is 150 Å². The molecule has 2 N–H and O–H groups in total. The number of aromatic nitrogens is 1. The van der Waals surface area contributed by atoms with Gasteiger partial charge in [-0.25, -0.2) is 0 Å². The third kappa shape index (κ3) is 3.98. The Morgan fingerprint density at radius 2 is 1.85 bits per heavy atom. The molecule has 1 aliphatic rings. The van der Waals surface area contributed by atoms with Crippen LogP contribution in [0.4, 0.5) is 24.7 Å². The summed E-state index contributed by atoms with van der Waals surface area (Å²) in [6, 6.07) is 4.58. The van der Waals surface area contributed by atoms with Crippen molar-refractivity contribution < 1.29 is 27.3 Å². The lowest BCUT2D eigenvalue weighted by molar-refractivity contribution is -0.137. The zero-order chi connectivity index (χ0) is 19.1. The van der Waals surface area contributed by atoms with Crippen molar-refractivity contribution in [2.24, 2.45) is 11.8 Å². The average molecular weight is 388 g/mol. The molecule has 1 heterocycles. The number of alkyl halides is 3. The fraction of sp³-hybridized carbons (Fsp3) is 0.312. The zero-order valence-electron chi connectivity index (χ0n) is 13.4. The number of hydrogen-bond donors (Lipinski definition) is 2. The summed E-state index contributed by atoms with van der Waals surface area (Å²) in [6.45, 7) is 1.65. The second-order valence-electron chi connectivity index (χ2n) is 5.94. The molecule has 0 saturated heterocycles. The Kier molecular flexibility index (Phi) is 4.66. The molecule has 2 atom stereocenters. The number of benzene rings is 1. The molecule has 1 aromatic heterocycles. The number of hydrogen-bond acceptors (Lipinski definition) is 4. The summed E-state index contributed by atoms with van der Waals surface area (Å²) in [5, 5.41) is 8.23. The van der Waals surface area contributed by atoms with Crippen molar-refractivity contribution in [3.63, 3.8) is 0 Å². The number of halogens is 4. The molecule has 2 aromatic rings. The fourth-order valence-electron chi connectivity index (χ4n) is 2.50. The van der Waals surface area contributed by atoms with Crippen LogP contribution in [0.2, 0.25) is 5.02 Å². The number of aryl methyl sites for hydroxylation is 1. The van der Waals surface area contributed by atoms with Gasteiger partial charge in [0.1, 0.15) is 5.76 Å². The lowest BCUT2D eigenvalue weighted by Gasteiger charge is -2.14. The van der Waals surface area contributed by atoms with Crippen LogP contribution < -0.4 is 10.6 Å². The smallest absolute Gasteiger partial charge is 0.360 e. The second kappa shape index (κ2) is 6.64. The van der Waals surface area contributed by atoms with Gasteiger partial charge in [-0.15, -0.1) is 0 Å². The maximum Gasteiger partial charge on any atom is 0.418 e. The van der Waals surface area contributed by atoms with E-state index in [1.165, 1.54) is 12.1 Å². The number of carbonyl (C=O) groups is 2. The summed E-state index contributed by atoms with van der Waals surface area (Å²) in [4.78, 5) is 24.2. The quantitative estimate of drug-likeness (QED) is 0.834. The van der Waals surface area contributed by atoms with Crippen molar-refractivity contribution >= 4 is 34.9 Å². The number of nitrogens with zero attached hydrogens (tertiary/aromatic N) is 1. The molecule has 10 heteroatoms. The predicted molar refractivity (Wildman–Crippen MR) is 86.6 cm³/mol. The average Bonchev–Trinajstić information content (AvgIpc) is 3.25. The van der Waals surface area contributed by atoms with Crippen molar-refractivity contribution in [1.82, 2.24) is 5.16 Å². The largest absolute Gasteiger partial charge is 0.418 e. The normalized spacial score (nSPS) is 19.1. The van der Waals surface area contributed by atoms with Crippen LogP contribution in [0.5, 0.6) is 0 Å². The summed E-state index contributed by atoms with van der Waals surface area (Å²) >= 11 is 5.60. The minimum absolute atomic E-state index is 0.0955. The minimum atomic E-state index is -4.67. The van der Waals surface area contributed by atoms with E-state index in [2.05, 4.69) is 15.8 Å². The van der Waals surface area contributed by atoms with Crippen LogP contribution in [0.15, 0.2) is 28.8 Å². The van der Waals surface area contributed by atoms with Gasteiger partial charge in [0.05, 0.1) is 23.1 Å². The number of anilines is 2. The van der Waals surface area contributed by atoms with E-state index in [-0.39, 0.29) is 17.3 Å². The third-order valence-corrected chi connectivity index (χ3v) is 4.12. The number of amides is 2. The number of nitrogens with one attached hydrogen (secondary N) is 2. The summed E-state index contributed by atoms with van der Waals surface area (Å²) < 4.78 is 44.0. The molecular weight excluding hydrogens is 375 g/mol. The first-order chi connectivity index (χ1) is 12.1. The van der Waals surface area contributed by atoms with Gasteiger partial charge < -0.3 is 15.2 Å². The van der Waals surface area contributed by atoms with Gasteiger partial charge in [0.2, 0.25) is 11.8 Å². The third-order valence-electron chi connectivity index (χ3n) is 3.89. The Hall–Kier alpha value is -2.55. The van der Waals surface area contributed by atoms with Gasteiger partial charge >= 0.3 is 6.18 Å². The highest BCUT2D eigenvalue weighted by Gasteiger charge is 2.48. The van der Waals surface area contributed by atoms with Crippen molar-refractivity contribution in [3.05, 3.63) is 40.6 Å². The fourth-order valence-corrected chi connectivity index (χ4v) is 2.68. The van der Waals surface area contributed by atoms with Gasteiger partial charge in [-0.3, -0.25) is 9.59 Å². The zero-order valence-corrected chi connectivity index (χ0v) is 14.1.